The molecule has 3 atom stereocenters. The van der Waals surface area contributed by atoms with E-state index in [1.165, 1.54) is 49.5 Å². The van der Waals surface area contributed by atoms with Crippen LogP contribution in [0.15, 0.2) is 121 Å². The summed E-state index contributed by atoms with van der Waals surface area (Å²) in [7, 11) is 0. The van der Waals surface area contributed by atoms with Gasteiger partial charge in [0.2, 0.25) is 0 Å². The molecule has 1 aliphatic rings. The van der Waals surface area contributed by atoms with Crippen LogP contribution in [0, 0.1) is 12.3 Å². The van der Waals surface area contributed by atoms with E-state index < -0.39 is 0 Å². The van der Waals surface area contributed by atoms with E-state index in [4.69, 9.17) is 11.1 Å². The smallest absolute Gasteiger partial charge is 0.178 e. The first-order valence-corrected chi connectivity index (χ1v) is 13.4. The van der Waals surface area contributed by atoms with Crippen LogP contribution in [-0.2, 0) is 0 Å². The second-order valence-corrected chi connectivity index (χ2v) is 10.4. The monoisotopic (exact) mass is 509 g/mol. The lowest BCUT2D eigenvalue weighted by Gasteiger charge is -2.46. The normalized spacial score (nSPS) is 19.7. The van der Waals surface area contributed by atoms with Crippen molar-refractivity contribution >= 4 is 39.1 Å². The minimum atomic E-state index is 0.112. The average molecular weight is 510 g/mol. The molecule has 0 bridgehead atoms. The maximum Gasteiger partial charge on any atom is 0.178 e. The molecule has 0 amide bonds. The lowest BCUT2D eigenvalue weighted by atomic mass is 9.97. The van der Waals surface area contributed by atoms with Crippen LogP contribution in [0.2, 0.25) is 0 Å². The molecule has 0 saturated carbocycles. The van der Waals surface area contributed by atoms with Gasteiger partial charge >= 0.3 is 0 Å². The zero-order valence-electron chi connectivity index (χ0n) is 22.3. The van der Waals surface area contributed by atoms with Gasteiger partial charge in [0.05, 0.1) is 0 Å². The standard InChI is InChI=1S/C35H32N4/c1-23(14-19-33(37)32-13-7-12-30(22-36)24(32)2)34-38-35(29-16-15-25-8-3-5-10-27(25)20-29)39(34)31-18-17-26-9-4-6-11-28(26)21-31/h3-22,34-36,38H,37H2,1-2H3/p+1/b23-14+,33-19-,36-22?. The van der Waals surface area contributed by atoms with Crippen molar-refractivity contribution in [2.75, 3.05) is 0 Å². The Morgan fingerprint density at radius 1 is 0.795 bits per heavy atom. The van der Waals surface area contributed by atoms with Crippen LogP contribution < -0.4 is 16.0 Å². The summed E-state index contributed by atoms with van der Waals surface area (Å²) in [6.07, 6.45) is 5.75. The lowest BCUT2D eigenvalue weighted by molar-refractivity contribution is -0.948. The van der Waals surface area contributed by atoms with E-state index in [9.17, 15) is 0 Å². The number of allylic oxidation sites excluding steroid dienone is 2. The maximum atomic E-state index is 7.66. The van der Waals surface area contributed by atoms with E-state index in [1.807, 2.05) is 31.2 Å². The second kappa shape index (κ2) is 10.3. The molecule has 1 aliphatic heterocycles. The van der Waals surface area contributed by atoms with Crippen LogP contribution >= 0.6 is 0 Å². The van der Waals surface area contributed by atoms with Crippen molar-refractivity contribution in [1.29, 1.82) is 5.41 Å². The third-order valence-electron chi connectivity index (χ3n) is 7.97. The van der Waals surface area contributed by atoms with Gasteiger partial charge in [-0.2, -0.15) is 0 Å². The Hall–Kier alpha value is -4.51. The van der Waals surface area contributed by atoms with E-state index in [0.717, 1.165) is 16.7 Å². The Bertz CT molecular complexity index is 1760. The van der Waals surface area contributed by atoms with E-state index in [2.05, 4.69) is 103 Å². The highest BCUT2D eigenvalue weighted by Crippen LogP contribution is 2.26. The number of benzene rings is 5. The van der Waals surface area contributed by atoms with Gasteiger partial charge in [0.1, 0.15) is 5.69 Å². The topological polar surface area (TPSA) is 66.3 Å². The van der Waals surface area contributed by atoms with Crippen LogP contribution in [0.25, 0.3) is 27.2 Å². The summed E-state index contributed by atoms with van der Waals surface area (Å²) >= 11 is 0. The predicted octanol–water partition coefficient (Wildman–Crippen LogP) is 6.39. The van der Waals surface area contributed by atoms with Gasteiger partial charge in [-0.15, -0.1) is 0 Å². The molecule has 4 nitrogen and oxygen atoms in total. The van der Waals surface area contributed by atoms with Gasteiger partial charge in [-0.3, -0.25) is 4.90 Å². The summed E-state index contributed by atoms with van der Waals surface area (Å²) in [6.45, 7) is 4.18. The largest absolute Gasteiger partial charge is 0.398 e. The lowest BCUT2D eigenvalue weighted by Crippen LogP contribution is -3.23. The first kappa shape index (κ1) is 24.8. The van der Waals surface area contributed by atoms with Crippen molar-refractivity contribution in [3.05, 3.63) is 143 Å². The van der Waals surface area contributed by atoms with Crippen LogP contribution in [0.4, 0.5) is 5.69 Å². The molecule has 1 fully saturated rings. The van der Waals surface area contributed by atoms with Crippen molar-refractivity contribution in [2.24, 2.45) is 5.73 Å². The molecule has 0 aliphatic carbocycles. The molecule has 5 N–H and O–H groups in total. The van der Waals surface area contributed by atoms with E-state index in [-0.39, 0.29) is 12.3 Å². The molecule has 192 valence electrons. The fraction of sp³-hybridized carbons (Fsp3) is 0.114. The van der Waals surface area contributed by atoms with Gasteiger partial charge in [-0.25, -0.2) is 5.32 Å². The first-order valence-electron chi connectivity index (χ1n) is 13.4. The summed E-state index contributed by atoms with van der Waals surface area (Å²) in [5.41, 5.74) is 13.8. The molecule has 6 rings (SSSR count). The van der Waals surface area contributed by atoms with Crippen molar-refractivity contribution < 1.29 is 4.90 Å². The quantitative estimate of drug-likeness (QED) is 0.158. The van der Waals surface area contributed by atoms with Crippen molar-refractivity contribution in [2.45, 2.75) is 26.2 Å². The number of fused-ring (bicyclic) bond motifs is 2. The van der Waals surface area contributed by atoms with Gasteiger partial charge in [0, 0.05) is 34.7 Å². The molecule has 4 heteroatoms. The minimum Gasteiger partial charge on any atom is -0.398 e. The molecule has 39 heavy (non-hydrogen) atoms. The van der Waals surface area contributed by atoms with Crippen LogP contribution in [0.1, 0.15) is 35.3 Å². The number of hydrogen-bond acceptors (Lipinski definition) is 3. The third kappa shape index (κ3) is 4.65. The Balaban J connectivity index is 1.36. The second-order valence-electron chi connectivity index (χ2n) is 10.4. The number of rotatable bonds is 6. The summed E-state index contributed by atoms with van der Waals surface area (Å²) < 4.78 is 0. The summed E-state index contributed by atoms with van der Waals surface area (Å²) in [6, 6.07) is 36.5. The molecule has 3 unspecified atom stereocenters. The SMILES string of the molecule is C/C(=C\C=C(/N)c1cccc(C=N)c1C)C1NC(c2ccc3ccccc3c2)[NH+]1c1ccc2ccccc2c1. The van der Waals surface area contributed by atoms with Gasteiger partial charge in [-0.1, -0.05) is 84.9 Å². The third-order valence-corrected chi connectivity index (χ3v) is 7.97. The number of nitrogens with two attached hydrogens (primary N) is 1. The Morgan fingerprint density at radius 3 is 2.18 bits per heavy atom. The predicted molar refractivity (Wildman–Crippen MR) is 163 cm³/mol. The van der Waals surface area contributed by atoms with Crippen LogP contribution in [0.5, 0.6) is 0 Å². The van der Waals surface area contributed by atoms with E-state index >= 15 is 0 Å². The molecule has 1 saturated heterocycles. The molecule has 0 aromatic heterocycles. The summed E-state index contributed by atoms with van der Waals surface area (Å²) in [4.78, 5) is 1.37. The Morgan fingerprint density at radius 2 is 1.46 bits per heavy atom. The molecule has 5 aromatic rings. The number of hydrogen-bond donors (Lipinski definition) is 4. The van der Waals surface area contributed by atoms with Crippen molar-refractivity contribution in [3.63, 3.8) is 0 Å². The highest BCUT2D eigenvalue weighted by atomic mass is 15.5. The summed E-state index contributed by atoms with van der Waals surface area (Å²) in [5.74, 6) is 0. The molecule has 5 aromatic carbocycles. The van der Waals surface area contributed by atoms with Gasteiger partial charge in [0.25, 0.3) is 0 Å². The highest BCUT2D eigenvalue weighted by molar-refractivity contribution is 5.85. The minimum absolute atomic E-state index is 0.112. The fourth-order valence-corrected chi connectivity index (χ4v) is 5.69. The zero-order valence-corrected chi connectivity index (χ0v) is 22.3. The Labute approximate surface area is 229 Å². The zero-order chi connectivity index (χ0) is 26.9. The van der Waals surface area contributed by atoms with E-state index in [0.29, 0.717) is 5.70 Å². The molecular weight excluding hydrogens is 476 g/mol. The fourth-order valence-electron chi connectivity index (χ4n) is 5.69. The number of nitrogens with one attached hydrogen (secondary N) is 3. The van der Waals surface area contributed by atoms with Crippen LogP contribution in [-0.4, -0.2) is 12.4 Å². The molecule has 0 radical (unpaired) electrons. The molecule has 1 heterocycles. The summed E-state index contributed by atoms with van der Waals surface area (Å²) in [5, 5.41) is 16.5. The Kier molecular flexibility index (Phi) is 6.57. The van der Waals surface area contributed by atoms with Gasteiger partial charge in [0.15, 0.2) is 12.3 Å². The van der Waals surface area contributed by atoms with Crippen molar-refractivity contribution in [1.82, 2.24) is 5.32 Å². The molecule has 0 spiro atoms. The number of quaternary nitrogens is 1. The van der Waals surface area contributed by atoms with E-state index in [1.54, 1.807) is 0 Å². The van der Waals surface area contributed by atoms with Gasteiger partial charge < -0.3 is 11.1 Å². The van der Waals surface area contributed by atoms with Gasteiger partial charge in [-0.05, 0) is 70.8 Å². The van der Waals surface area contributed by atoms with Crippen LogP contribution in [0.3, 0.4) is 0 Å². The molecular formula is C35H33N4+. The maximum absolute atomic E-state index is 7.66. The van der Waals surface area contributed by atoms with Crippen molar-refractivity contribution in [3.8, 4) is 0 Å². The average Bonchev–Trinajstić information content (AvgIpc) is 2.95. The highest BCUT2D eigenvalue weighted by Gasteiger charge is 2.45. The first-order chi connectivity index (χ1) is 19.0.